The van der Waals surface area contributed by atoms with E-state index in [1.54, 1.807) is 0 Å². The molecule has 0 bridgehead atoms. The number of hydrogen-bond acceptors (Lipinski definition) is 3. The molecule has 0 spiro atoms. The number of rotatable bonds is 7. The van der Waals surface area contributed by atoms with Gasteiger partial charge >= 0.3 is 6.09 Å². The lowest BCUT2D eigenvalue weighted by Gasteiger charge is -2.09. The molecule has 0 radical (unpaired) electrons. The van der Waals surface area contributed by atoms with Crippen LogP contribution < -0.4 is 14.8 Å². The molecule has 22 heavy (non-hydrogen) atoms. The van der Waals surface area contributed by atoms with Crippen LogP contribution in [0.4, 0.5) is 4.79 Å². The van der Waals surface area contributed by atoms with Crippen molar-refractivity contribution in [2.24, 2.45) is 0 Å². The van der Waals surface area contributed by atoms with Gasteiger partial charge in [-0.05, 0) is 55.3 Å². The summed E-state index contributed by atoms with van der Waals surface area (Å²) in [6.07, 6.45) is -0.397. The number of aryl methyl sites for hydroxylation is 1. The zero-order chi connectivity index (χ0) is 15.8. The van der Waals surface area contributed by atoms with Crippen molar-refractivity contribution in [2.75, 3.05) is 13.2 Å². The molecule has 0 aliphatic heterocycles. The Kier molecular flexibility index (Phi) is 5.65. The van der Waals surface area contributed by atoms with Crippen molar-refractivity contribution in [1.29, 1.82) is 0 Å². The number of carboxylic acid groups (broad SMARTS) is 1. The first-order chi connectivity index (χ1) is 10.6. The van der Waals surface area contributed by atoms with Crippen molar-refractivity contribution in [3.8, 4) is 17.2 Å². The van der Waals surface area contributed by atoms with Gasteiger partial charge in [-0.15, -0.1) is 0 Å². The molecule has 0 unspecified atom stereocenters. The molecule has 0 saturated heterocycles. The van der Waals surface area contributed by atoms with Crippen LogP contribution in [0.3, 0.4) is 0 Å². The Balaban J connectivity index is 1.79. The molecule has 2 rings (SSSR count). The number of nitrogens with one attached hydrogen (secondary N) is 1. The van der Waals surface area contributed by atoms with Crippen molar-refractivity contribution >= 4 is 6.09 Å². The lowest BCUT2D eigenvalue weighted by atomic mass is 10.2. The van der Waals surface area contributed by atoms with Gasteiger partial charge in [0.2, 0.25) is 0 Å². The van der Waals surface area contributed by atoms with Crippen LogP contribution >= 0.6 is 0 Å². The summed E-state index contributed by atoms with van der Waals surface area (Å²) in [7, 11) is 0. The second kappa shape index (κ2) is 7.93. The van der Waals surface area contributed by atoms with Crippen LogP contribution in [0.1, 0.15) is 12.0 Å². The average Bonchev–Trinajstić information content (AvgIpc) is 2.48. The van der Waals surface area contributed by atoms with Crippen molar-refractivity contribution in [3.63, 3.8) is 0 Å². The minimum atomic E-state index is -1.02. The van der Waals surface area contributed by atoms with E-state index >= 15 is 0 Å². The molecular weight excluding hydrogens is 282 g/mol. The van der Waals surface area contributed by atoms with Crippen LogP contribution in [0.15, 0.2) is 48.5 Å². The van der Waals surface area contributed by atoms with Gasteiger partial charge in [-0.2, -0.15) is 0 Å². The van der Waals surface area contributed by atoms with Gasteiger partial charge in [-0.3, -0.25) is 0 Å². The number of amides is 1. The molecule has 0 atom stereocenters. The first kappa shape index (κ1) is 15.7. The molecule has 0 aliphatic rings. The van der Waals surface area contributed by atoms with Gasteiger partial charge in [0.1, 0.15) is 17.2 Å². The Morgan fingerprint density at radius 1 is 1.09 bits per heavy atom. The van der Waals surface area contributed by atoms with E-state index in [0.29, 0.717) is 19.6 Å². The van der Waals surface area contributed by atoms with Crippen molar-refractivity contribution in [3.05, 3.63) is 54.1 Å². The molecular formula is C17H19NO4. The lowest BCUT2D eigenvalue weighted by molar-refractivity contribution is 0.193. The Morgan fingerprint density at radius 2 is 1.82 bits per heavy atom. The molecule has 0 saturated carbocycles. The van der Waals surface area contributed by atoms with Crippen LogP contribution in [0.25, 0.3) is 0 Å². The van der Waals surface area contributed by atoms with Crippen LogP contribution in [0.5, 0.6) is 17.2 Å². The normalized spacial score (nSPS) is 10.0. The molecule has 116 valence electrons. The number of ether oxygens (including phenoxy) is 2. The second-order valence-electron chi connectivity index (χ2n) is 4.82. The molecule has 0 fully saturated rings. The first-order valence-electron chi connectivity index (χ1n) is 7.08. The van der Waals surface area contributed by atoms with E-state index in [1.807, 2.05) is 55.5 Å². The molecule has 2 N–H and O–H groups in total. The number of hydrogen-bond donors (Lipinski definition) is 2. The summed E-state index contributed by atoms with van der Waals surface area (Å²) >= 11 is 0. The van der Waals surface area contributed by atoms with Gasteiger partial charge in [0.05, 0.1) is 6.61 Å². The maximum Gasteiger partial charge on any atom is 0.404 e. The van der Waals surface area contributed by atoms with E-state index in [0.717, 1.165) is 22.8 Å². The highest BCUT2D eigenvalue weighted by Gasteiger charge is 2.00. The fourth-order valence-electron chi connectivity index (χ4n) is 1.88. The monoisotopic (exact) mass is 301 g/mol. The average molecular weight is 301 g/mol. The van der Waals surface area contributed by atoms with Gasteiger partial charge < -0.3 is 19.9 Å². The highest BCUT2D eigenvalue weighted by atomic mass is 16.5. The third kappa shape index (κ3) is 5.36. The van der Waals surface area contributed by atoms with E-state index in [4.69, 9.17) is 14.6 Å². The van der Waals surface area contributed by atoms with E-state index in [1.165, 1.54) is 0 Å². The van der Waals surface area contributed by atoms with Crippen LogP contribution in [0, 0.1) is 6.92 Å². The van der Waals surface area contributed by atoms with Gasteiger partial charge in [0.25, 0.3) is 0 Å². The Morgan fingerprint density at radius 3 is 2.50 bits per heavy atom. The maximum atomic E-state index is 10.3. The SMILES string of the molecule is Cc1cccc(Oc2ccc(OCCCNC(=O)O)cc2)c1. The van der Waals surface area contributed by atoms with Crippen molar-refractivity contribution in [2.45, 2.75) is 13.3 Å². The van der Waals surface area contributed by atoms with E-state index in [2.05, 4.69) is 5.32 Å². The molecule has 2 aromatic rings. The topological polar surface area (TPSA) is 67.8 Å². The summed E-state index contributed by atoms with van der Waals surface area (Å²) in [6, 6.07) is 15.2. The van der Waals surface area contributed by atoms with Gasteiger partial charge in [-0.25, -0.2) is 4.79 Å². The standard InChI is InChI=1S/C17H19NO4/c1-13-4-2-5-16(12-13)22-15-8-6-14(7-9-15)21-11-3-10-18-17(19)20/h2,4-9,12,18H,3,10-11H2,1H3,(H,19,20). The molecule has 0 aromatic heterocycles. The maximum absolute atomic E-state index is 10.3. The Hall–Kier alpha value is -2.69. The Labute approximate surface area is 129 Å². The summed E-state index contributed by atoms with van der Waals surface area (Å²) < 4.78 is 11.3. The zero-order valence-electron chi connectivity index (χ0n) is 12.4. The fourth-order valence-corrected chi connectivity index (χ4v) is 1.88. The Bertz CT molecular complexity index is 610. The second-order valence-corrected chi connectivity index (χ2v) is 4.82. The van der Waals surface area contributed by atoms with Crippen molar-refractivity contribution in [1.82, 2.24) is 5.32 Å². The predicted octanol–water partition coefficient (Wildman–Crippen LogP) is 3.82. The van der Waals surface area contributed by atoms with Crippen molar-refractivity contribution < 1.29 is 19.4 Å². The fraction of sp³-hybridized carbons (Fsp3) is 0.235. The highest BCUT2D eigenvalue weighted by Crippen LogP contribution is 2.24. The van der Waals surface area contributed by atoms with E-state index in [9.17, 15) is 4.79 Å². The smallest absolute Gasteiger partial charge is 0.404 e. The minimum Gasteiger partial charge on any atom is -0.494 e. The van der Waals surface area contributed by atoms with E-state index < -0.39 is 6.09 Å². The minimum absolute atomic E-state index is 0.379. The van der Waals surface area contributed by atoms with Crippen LogP contribution in [-0.4, -0.2) is 24.4 Å². The molecule has 5 nitrogen and oxygen atoms in total. The number of carbonyl (C=O) groups is 1. The zero-order valence-corrected chi connectivity index (χ0v) is 12.4. The van der Waals surface area contributed by atoms with Gasteiger partial charge in [-0.1, -0.05) is 12.1 Å². The van der Waals surface area contributed by atoms with Gasteiger partial charge in [0.15, 0.2) is 0 Å². The summed E-state index contributed by atoms with van der Waals surface area (Å²) in [6.45, 7) is 2.85. The molecule has 5 heteroatoms. The summed E-state index contributed by atoms with van der Waals surface area (Å²) in [5, 5.41) is 10.7. The lowest BCUT2D eigenvalue weighted by Crippen LogP contribution is -2.23. The third-order valence-corrected chi connectivity index (χ3v) is 2.92. The molecule has 0 heterocycles. The third-order valence-electron chi connectivity index (χ3n) is 2.92. The summed E-state index contributed by atoms with van der Waals surface area (Å²) in [5.41, 5.74) is 1.15. The van der Waals surface area contributed by atoms with E-state index in [-0.39, 0.29) is 0 Å². The molecule has 0 aliphatic carbocycles. The largest absolute Gasteiger partial charge is 0.494 e. The van der Waals surface area contributed by atoms with Crippen LogP contribution in [0.2, 0.25) is 0 Å². The van der Waals surface area contributed by atoms with Crippen LogP contribution in [-0.2, 0) is 0 Å². The summed E-state index contributed by atoms with van der Waals surface area (Å²) in [5.74, 6) is 2.27. The number of benzene rings is 2. The molecule has 2 aromatic carbocycles. The molecule has 1 amide bonds. The highest BCUT2D eigenvalue weighted by molar-refractivity contribution is 5.64. The van der Waals surface area contributed by atoms with Gasteiger partial charge in [0, 0.05) is 6.54 Å². The summed E-state index contributed by atoms with van der Waals surface area (Å²) in [4.78, 5) is 10.3. The first-order valence-corrected chi connectivity index (χ1v) is 7.08. The quantitative estimate of drug-likeness (QED) is 0.763. The predicted molar refractivity (Wildman–Crippen MR) is 83.8 cm³/mol.